The smallest absolute Gasteiger partial charge is 0.229 e. The second-order valence-corrected chi connectivity index (χ2v) is 2.96. The second kappa shape index (κ2) is 5.12. The number of nitriles is 1. The molecule has 0 N–H and O–H groups in total. The van der Waals surface area contributed by atoms with Crippen LogP contribution in [-0.4, -0.2) is 25.4 Å². The van der Waals surface area contributed by atoms with Crippen LogP contribution in [0.25, 0.3) is 0 Å². The number of carbonyl (C=O) groups is 1. The van der Waals surface area contributed by atoms with Gasteiger partial charge in [-0.2, -0.15) is 5.26 Å². The summed E-state index contributed by atoms with van der Waals surface area (Å²) in [6.07, 6.45) is 2.28. The molecule has 0 amide bonds. The van der Waals surface area contributed by atoms with Gasteiger partial charge < -0.3 is 4.84 Å². The predicted octanol–water partition coefficient (Wildman–Crippen LogP) is 0.463. The molecular weight excluding hydrogens is 184 g/mol. The summed E-state index contributed by atoms with van der Waals surface area (Å²) >= 11 is 0. The van der Waals surface area contributed by atoms with E-state index in [0.717, 1.165) is 6.21 Å². The number of Topliss-reactive ketones (excluding diaryl/α,β-unsaturated/α-hetero) is 1. The van der Waals surface area contributed by atoms with Crippen molar-refractivity contribution in [1.29, 1.82) is 5.26 Å². The van der Waals surface area contributed by atoms with Gasteiger partial charge in [-0.1, -0.05) is 19.0 Å². The fourth-order valence-electron chi connectivity index (χ4n) is 0.862. The Balaban J connectivity index is 5.03. The van der Waals surface area contributed by atoms with Gasteiger partial charge in [-0.25, -0.2) is 0 Å². The fourth-order valence-corrected chi connectivity index (χ4v) is 0.862. The SMILES string of the molecule is CON=CC(=O)C([C]=O)(C#N)C(C)C. The molecule has 1 atom stereocenters. The summed E-state index contributed by atoms with van der Waals surface area (Å²) in [6.45, 7) is 3.18. The van der Waals surface area contributed by atoms with Crippen LogP contribution < -0.4 is 0 Å². The van der Waals surface area contributed by atoms with E-state index in [0.29, 0.717) is 0 Å². The zero-order chi connectivity index (χ0) is 11.2. The van der Waals surface area contributed by atoms with E-state index < -0.39 is 17.1 Å². The number of oxime groups is 1. The number of carbonyl (C=O) groups excluding carboxylic acids is 2. The van der Waals surface area contributed by atoms with Gasteiger partial charge in [0, 0.05) is 0 Å². The molecule has 0 aromatic carbocycles. The molecule has 5 heteroatoms. The van der Waals surface area contributed by atoms with E-state index in [1.807, 2.05) is 0 Å². The van der Waals surface area contributed by atoms with Crippen molar-refractivity contribution in [2.45, 2.75) is 13.8 Å². The van der Waals surface area contributed by atoms with Crippen LogP contribution in [0.3, 0.4) is 0 Å². The van der Waals surface area contributed by atoms with Crippen LogP contribution in [-0.2, 0) is 14.4 Å². The zero-order valence-electron chi connectivity index (χ0n) is 8.27. The lowest BCUT2D eigenvalue weighted by atomic mass is 9.76. The van der Waals surface area contributed by atoms with E-state index in [1.54, 1.807) is 19.9 Å². The minimum absolute atomic E-state index is 0.458. The molecule has 75 valence electrons. The molecule has 1 unspecified atom stereocenters. The average Bonchev–Trinajstić information content (AvgIpc) is 2.17. The molecule has 0 saturated carbocycles. The molecule has 0 spiro atoms. The second-order valence-electron chi connectivity index (χ2n) is 2.96. The quantitative estimate of drug-likeness (QED) is 0.362. The first-order chi connectivity index (χ1) is 6.55. The molecular formula is C9H11N2O3. The Kier molecular flexibility index (Phi) is 4.50. The maximum absolute atomic E-state index is 11.4. The van der Waals surface area contributed by atoms with Crippen molar-refractivity contribution in [3.8, 4) is 6.07 Å². The Morgan fingerprint density at radius 2 is 2.21 bits per heavy atom. The van der Waals surface area contributed by atoms with Crippen molar-refractivity contribution in [2.24, 2.45) is 16.5 Å². The molecule has 0 saturated heterocycles. The van der Waals surface area contributed by atoms with Gasteiger partial charge in [0.2, 0.25) is 12.1 Å². The first kappa shape index (κ1) is 12.3. The zero-order valence-corrected chi connectivity index (χ0v) is 8.27. The first-order valence-electron chi connectivity index (χ1n) is 3.96. The molecule has 0 aromatic rings. The highest BCUT2D eigenvalue weighted by atomic mass is 16.6. The van der Waals surface area contributed by atoms with Crippen LogP contribution in [0.2, 0.25) is 0 Å². The van der Waals surface area contributed by atoms with Gasteiger partial charge in [0.05, 0.1) is 6.07 Å². The summed E-state index contributed by atoms with van der Waals surface area (Å²) in [6, 6.07) is 1.65. The van der Waals surface area contributed by atoms with Crippen molar-refractivity contribution >= 4 is 18.3 Å². The molecule has 0 heterocycles. The van der Waals surface area contributed by atoms with Gasteiger partial charge in [0.15, 0.2) is 5.41 Å². The molecule has 14 heavy (non-hydrogen) atoms. The molecule has 5 nitrogen and oxygen atoms in total. The lowest BCUT2D eigenvalue weighted by Crippen LogP contribution is -2.37. The number of hydrogen-bond donors (Lipinski definition) is 0. The lowest BCUT2D eigenvalue weighted by Gasteiger charge is -2.18. The Morgan fingerprint density at radius 1 is 1.64 bits per heavy atom. The molecule has 0 rings (SSSR count). The highest BCUT2D eigenvalue weighted by Gasteiger charge is 2.42. The normalized spacial score (nSPS) is 14.8. The number of rotatable bonds is 5. The van der Waals surface area contributed by atoms with E-state index in [4.69, 9.17) is 5.26 Å². The van der Waals surface area contributed by atoms with Crippen LogP contribution in [0, 0.1) is 22.7 Å². The Hall–Kier alpha value is -1.70. The number of ketones is 1. The Labute approximate surface area is 82.3 Å². The van der Waals surface area contributed by atoms with Gasteiger partial charge in [-0.15, -0.1) is 0 Å². The van der Waals surface area contributed by atoms with Crippen molar-refractivity contribution in [3.63, 3.8) is 0 Å². The van der Waals surface area contributed by atoms with Crippen molar-refractivity contribution in [3.05, 3.63) is 0 Å². The molecule has 0 aliphatic carbocycles. The van der Waals surface area contributed by atoms with E-state index in [-0.39, 0.29) is 0 Å². The van der Waals surface area contributed by atoms with Crippen LogP contribution >= 0.6 is 0 Å². The van der Waals surface area contributed by atoms with Crippen LogP contribution in [0.4, 0.5) is 0 Å². The van der Waals surface area contributed by atoms with Gasteiger partial charge in [0.1, 0.15) is 13.3 Å². The Morgan fingerprint density at radius 3 is 2.50 bits per heavy atom. The first-order valence-corrected chi connectivity index (χ1v) is 3.96. The largest absolute Gasteiger partial charge is 0.399 e. The summed E-state index contributed by atoms with van der Waals surface area (Å²) in [7, 11) is 1.26. The summed E-state index contributed by atoms with van der Waals surface area (Å²) in [5.41, 5.74) is -1.78. The van der Waals surface area contributed by atoms with Crippen LogP contribution in [0.1, 0.15) is 13.8 Å². The van der Waals surface area contributed by atoms with Gasteiger partial charge >= 0.3 is 0 Å². The third-order valence-electron chi connectivity index (χ3n) is 1.87. The molecule has 0 aliphatic rings. The van der Waals surface area contributed by atoms with Crippen LogP contribution in [0.15, 0.2) is 5.16 Å². The number of hydrogen-bond acceptors (Lipinski definition) is 5. The molecule has 0 aromatic heterocycles. The van der Waals surface area contributed by atoms with Crippen LogP contribution in [0.5, 0.6) is 0 Å². The lowest BCUT2D eigenvalue weighted by molar-refractivity contribution is -0.117. The third-order valence-corrected chi connectivity index (χ3v) is 1.87. The third kappa shape index (κ3) is 2.16. The molecule has 1 radical (unpaired) electrons. The van der Waals surface area contributed by atoms with E-state index in [2.05, 4.69) is 9.99 Å². The van der Waals surface area contributed by atoms with E-state index in [1.165, 1.54) is 13.4 Å². The molecule has 0 aliphatic heterocycles. The summed E-state index contributed by atoms with van der Waals surface area (Å²) < 4.78 is 0. The summed E-state index contributed by atoms with van der Waals surface area (Å²) in [4.78, 5) is 26.3. The average molecular weight is 195 g/mol. The van der Waals surface area contributed by atoms with Gasteiger partial charge in [-0.05, 0) is 5.92 Å². The van der Waals surface area contributed by atoms with E-state index >= 15 is 0 Å². The molecule has 0 fully saturated rings. The molecule has 0 bridgehead atoms. The van der Waals surface area contributed by atoms with E-state index in [9.17, 15) is 9.59 Å². The maximum Gasteiger partial charge on any atom is 0.229 e. The number of nitrogens with zero attached hydrogens (tertiary/aromatic N) is 2. The highest BCUT2D eigenvalue weighted by Crippen LogP contribution is 2.24. The minimum atomic E-state index is -1.78. The minimum Gasteiger partial charge on any atom is -0.399 e. The van der Waals surface area contributed by atoms with Crippen molar-refractivity contribution < 1.29 is 14.4 Å². The highest BCUT2D eigenvalue weighted by molar-refractivity contribution is 6.34. The van der Waals surface area contributed by atoms with Crippen molar-refractivity contribution in [2.75, 3.05) is 7.11 Å². The monoisotopic (exact) mass is 195 g/mol. The van der Waals surface area contributed by atoms with Crippen molar-refractivity contribution in [1.82, 2.24) is 0 Å². The standard InChI is InChI=1S/C9H11N2O3/c1-7(2)9(5-10,6-12)8(13)4-11-14-3/h4,7H,1-3H3. The van der Waals surface area contributed by atoms with Gasteiger partial charge in [-0.3, -0.25) is 9.59 Å². The summed E-state index contributed by atoms with van der Waals surface area (Å²) in [5.74, 6) is -1.17. The topological polar surface area (TPSA) is 79.5 Å². The Bertz CT molecular complexity index is 291. The van der Waals surface area contributed by atoms with Gasteiger partial charge in [0.25, 0.3) is 0 Å². The predicted molar refractivity (Wildman–Crippen MR) is 49.1 cm³/mol. The summed E-state index contributed by atoms with van der Waals surface area (Å²) in [5, 5.41) is 12.0. The fraction of sp³-hybridized carbons (Fsp3) is 0.556. The maximum atomic E-state index is 11.4.